The van der Waals surface area contributed by atoms with Crippen molar-refractivity contribution in [3.05, 3.63) is 95.6 Å². The van der Waals surface area contributed by atoms with Crippen molar-refractivity contribution < 1.29 is 14.6 Å². The van der Waals surface area contributed by atoms with Crippen molar-refractivity contribution in [1.82, 2.24) is 0 Å². The number of amides is 1. The van der Waals surface area contributed by atoms with Crippen LogP contribution < -0.4 is 9.80 Å². The van der Waals surface area contributed by atoms with E-state index in [0.29, 0.717) is 22.4 Å². The molecular formula is C24H22N2O3. The van der Waals surface area contributed by atoms with Gasteiger partial charge in [-0.1, -0.05) is 48.5 Å². The Morgan fingerprint density at radius 1 is 0.793 bits per heavy atom. The third-order valence-electron chi connectivity index (χ3n) is 5.72. The maximum absolute atomic E-state index is 13.3. The Morgan fingerprint density at radius 3 is 2.14 bits per heavy atom. The molecule has 1 saturated heterocycles. The van der Waals surface area contributed by atoms with Crippen LogP contribution in [0.4, 0.5) is 11.4 Å². The topological polar surface area (TPSA) is 53.0 Å². The number of hydrogen-bond donors (Lipinski definition) is 1. The molecule has 3 aromatic rings. The molecule has 1 fully saturated rings. The van der Waals surface area contributed by atoms with E-state index in [1.54, 1.807) is 6.07 Å². The van der Waals surface area contributed by atoms with E-state index in [2.05, 4.69) is 4.90 Å². The molecule has 0 aliphatic carbocycles. The number of aliphatic hydroxyl groups is 1. The highest BCUT2D eigenvalue weighted by molar-refractivity contribution is 6.12. The van der Waals surface area contributed by atoms with Crippen molar-refractivity contribution in [3.63, 3.8) is 0 Å². The molecule has 2 heterocycles. The molecular weight excluding hydrogens is 364 g/mol. The number of morpholine rings is 1. The largest absolute Gasteiger partial charge is 0.378 e. The van der Waals surface area contributed by atoms with Crippen molar-refractivity contribution in [3.8, 4) is 0 Å². The van der Waals surface area contributed by atoms with E-state index < -0.39 is 5.72 Å². The van der Waals surface area contributed by atoms with Gasteiger partial charge in [0.05, 0.1) is 13.2 Å². The lowest BCUT2D eigenvalue weighted by atomic mass is 9.93. The molecule has 146 valence electrons. The fourth-order valence-electron chi connectivity index (χ4n) is 4.25. The molecule has 0 radical (unpaired) electrons. The van der Waals surface area contributed by atoms with Crippen LogP contribution in [0.5, 0.6) is 0 Å². The monoisotopic (exact) mass is 386 g/mol. The zero-order valence-corrected chi connectivity index (χ0v) is 16.0. The summed E-state index contributed by atoms with van der Waals surface area (Å²) >= 11 is 0. The van der Waals surface area contributed by atoms with Gasteiger partial charge < -0.3 is 14.7 Å². The minimum absolute atomic E-state index is 0.203. The van der Waals surface area contributed by atoms with E-state index in [1.165, 1.54) is 4.90 Å². The molecule has 0 saturated carbocycles. The quantitative estimate of drug-likeness (QED) is 0.750. The van der Waals surface area contributed by atoms with Crippen LogP contribution in [0.1, 0.15) is 21.5 Å². The lowest BCUT2D eigenvalue weighted by Gasteiger charge is -2.35. The average molecular weight is 386 g/mol. The molecule has 5 heteroatoms. The number of rotatable bonds is 3. The van der Waals surface area contributed by atoms with Crippen LogP contribution in [0.2, 0.25) is 0 Å². The number of hydrogen-bond acceptors (Lipinski definition) is 4. The van der Waals surface area contributed by atoms with E-state index in [-0.39, 0.29) is 5.91 Å². The molecule has 2 aliphatic heterocycles. The fraction of sp³-hybridized carbons (Fsp3) is 0.208. The first-order chi connectivity index (χ1) is 14.2. The highest BCUT2D eigenvalue weighted by atomic mass is 16.5. The molecule has 5 nitrogen and oxygen atoms in total. The lowest BCUT2D eigenvalue weighted by molar-refractivity contribution is 0.0703. The van der Waals surface area contributed by atoms with Crippen LogP contribution in [0.15, 0.2) is 78.9 Å². The SMILES string of the molecule is O=C1c2ccccc2[C@@](O)(c2ccccc2)N1c1ccc(N2CCOCC2)cc1. The average Bonchev–Trinajstić information content (AvgIpc) is 3.03. The summed E-state index contributed by atoms with van der Waals surface area (Å²) < 4.78 is 5.42. The molecule has 0 bridgehead atoms. The van der Waals surface area contributed by atoms with Gasteiger partial charge in [-0.25, -0.2) is 0 Å². The zero-order chi connectivity index (χ0) is 19.8. The van der Waals surface area contributed by atoms with Crippen molar-refractivity contribution >= 4 is 17.3 Å². The molecule has 0 unspecified atom stereocenters. The first kappa shape index (κ1) is 17.9. The van der Waals surface area contributed by atoms with Gasteiger partial charge in [-0.15, -0.1) is 0 Å². The number of anilines is 2. The Balaban J connectivity index is 1.59. The van der Waals surface area contributed by atoms with Crippen LogP contribution in [-0.4, -0.2) is 37.3 Å². The smallest absolute Gasteiger partial charge is 0.261 e. The number of ether oxygens (including phenoxy) is 1. The van der Waals surface area contributed by atoms with Gasteiger partial charge in [0.15, 0.2) is 5.72 Å². The van der Waals surface area contributed by atoms with Gasteiger partial charge in [0.1, 0.15) is 0 Å². The van der Waals surface area contributed by atoms with Crippen molar-refractivity contribution in [1.29, 1.82) is 0 Å². The van der Waals surface area contributed by atoms with E-state index in [0.717, 1.165) is 32.0 Å². The normalized spacial score (nSPS) is 21.3. The maximum atomic E-state index is 13.3. The Kier molecular flexibility index (Phi) is 4.34. The number of carbonyl (C=O) groups is 1. The minimum atomic E-state index is -1.55. The van der Waals surface area contributed by atoms with Crippen LogP contribution in [0.3, 0.4) is 0 Å². The first-order valence-electron chi connectivity index (χ1n) is 9.84. The number of benzene rings is 3. The van der Waals surface area contributed by atoms with Crippen LogP contribution in [0, 0.1) is 0 Å². The third kappa shape index (κ3) is 2.82. The van der Waals surface area contributed by atoms with Gasteiger partial charge in [0.2, 0.25) is 0 Å². The standard InChI is InChI=1S/C24H22N2O3/c27-23-21-8-4-5-9-22(21)24(28,18-6-2-1-3-7-18)26(23)20-12-10-19(11-13-20)25-14-16-29-17-15-25/h1-13,28H,14-17H2/t24-/m0/s1. The summed E-state index contributed by atoms with van der Waals surface area (Å²) in [5.74, 6) is -0.203. The molecule has 1 amide bonds. The second-order valence-electron chi connectivity index (χ2n) is 7.34. The summed E-state index contributed by atoms with van der Waals surface area (Å²) in [6.45, 7) is 3.13. The summed E-state index contributed by atoms with van der Waals surface area (Å²) in [7, 11) is 0. The minimum Gasteiger partial charge on any atom is -0.378 e. The molecule has 5 rings (SSSR count). The molecule has 29 heavy (non-hydrogen) atoms. The van der Waals surface area contributed by atoms with Gasteiger partial charge >= 0.3 is 0 Å². The van der Waals surface area contributed by atoms with E-state index >= 15 is 0 Å². The summed E-state index contributed by atoms with van der Waals surface area (Å²) in [6, 6.07) is 24.4. The number of carbonyl (C=O) groups excluding carboxylic acids is 1. The molecule has 1 atom stereocenters. The Morgan fingerprint density at radius 2 is 1.41 bits per heavy atom. The van der Waals surface area contributed by atoms with Gasteiger partial charge in [-0.3, -0.25) is 9.69 Å². The van der Waals surface area contributed by atoms with E-state index in [1.807, 2.05) is 72.8 Å². The van der Waals surface area contributed by atoms with Gasteiger partial charge in [0, 0.05) is 41.2 Å². The Bertz CT molecular complexity index is 1030. The predicted octanol–water partition coefficient (Wildman–Crippen LogP) is 3.38. The maximum Gasteiger partial charge on any atom is 0.261 e. The lowest BCUT2D eigenvalue weighted by Crippen LogP contribution is -2.45. The Labute approximate surface area is 169 Å². The van der Waals surface area contributed by atoms with Gasteiger partial charge in [-0.2, -0.15) is 0 Å². The highest BCUT2D eigenvalue weighted by Crippen LogP contribution is 2.45. The molecule has 1 N–H and O–H groups in total. The number of nitrogens with zero attached hydrogens (tertiary/aromatic N) is 2. The van der Waals surface area contributed by atoms with Crippen molar-refractivity contribution in [2.45, 2.75) is 5.72 Å². The summed E-state index contributed by atoms with van der Waals surface area (Å²) in [5, 5.41) is 11.9. The Hall–Kier alpha value is -3.15. The summed E-state index contributed by atoms with van der Waals surface area (Å²) in [5.41, 5.74) is 1.99. The van der Waals surface area contributed by atoms with Crippen LogP contribution in [0.25, 0.3) is 0 Å². The third-order valence-corrected chi connectivity index (χ3v) is 5.72. The molecule has 2 aliphatic rings. The molecule has 3 aromatic carbocycles. The summed E-state index contributed by atoms with van der Waals surface area (Å²) in [6.07, 6.45) is 0. The van der Waals surface area contributed by atoms with Gasteiger partial charge in [-0.05, 0) is 30.3 Å². The van der Waals surface area contributed by atoms with Crippen molar-refractivity contribution in [2.24, 2.45) is 0 Å². The second-order valence-corrected chi connectivity index (χ2v) is 7.34. The predicted molar refractivity (Wildman–Crippen MR) is 112 cm³/mol. The zero-order valence-electron chi connectivity index (χ0n) is 16.0. The van der Waals surface area contributed by atoms with Gasteiger partial charge in [0.25, 0.3) is 5.91 Å². The van der Waals surface area contributed by atoms with E-state index in [4.69, 9.17) is 4.74 Å². The van der Waals surface area contributed by atoms with Crippen LogP contribution in [-0.2, 0) is 10.5 Å². The molecule has 0 aromatic heterocycles. The second kappa shape index (κ2) is 7.03. The van der Waals surface area contributed by atoms with Crippen LogP contribution >= 0.6 is 0 Å². The first-order valence-corrected chi connectivity index (χ1v) is 9.84. The highest BCUT2D eigenvalue weighted by Gasteiger charge is 2.50. The fourth-order valence-corrected chi connectivity index (χ4v) is 4.25. The number of fused-ring (bicyclic) bond motifs is 1. The van der Waals surface area contributed by atoms with E-state index in [9.17, 15) is 9.90 Å². The molecule has 0 spiro atoms. The summed E-state index contributed by atoms with van der Waals surface area (Å²) in [4.78, 5) is 17.1. The van der Waals surface area contributed by atoms with Crippen molar-refractivity contribution in [2.75, 3.05) is 36.1 Å².